The molecule has 0 spiro atoms. The minimum atomic E-state index is -0.197. The van der Waals surface area contributed by atoms with Gasteiger partial charge in [0.2, 0.25) is 6.54 Å². The zero-order valence-electron chi connectivity index (χ0n) is 12.2. The summed E-state index contributed by atoms with van der Waals surface area (Å²) in [6.07, 6.45) is 5.00. The number of para-hydroxylation sites is 1. The lowest BCUT2D eigenvalue weighted by Crippen LogP contribution is -2.41. The number of anilines is 1. The summed E-state index contributed by atoms with van der Waals surface area (Å²) in [6.45, 7) is 4.09. The highest BCUT2D eigenvalue weighted by Crippen LogP contribution is 2.04. The van der Waals surface area contributed by atoms with Gasteiger partial charge in [0, 0.05) is 18.3 Å². The number of amides is 2. The summed E-state index contributed by atoms with van der Waals surface area (Å²) in [7, 11) is 0. The van der Waals surface area contributed by atoms with Crippen LogP contribution in [0.1, 0.15) is 10.4 Å². The molecule has 22 heavy (non-hydrogen) atoms. The Morgan fingerprint density at radius 3 is 2.64 bits per heavy atom. The van der Waals surface area contributed by atoms with Crippen molar-refractivity contribution in [3.05, 3.63) is 73.1 Å². The fourth-order valence-electron chi connectivity index (χ4n) is 1.91. The second kappa shape index (κ2) is 7.73. The van der Waals surface area contributed by atoms with Crippen molar-refractivity contribution in [1.29, 1.82) is 0 Å². The normalized spacial score (nSPS) is 9.82. The molecular weight excluding hydrogens is 278 g/mol. The molecule has 0 unspecified atom stereocenters. The monoisotopic (exact) mass is 296 g/mol. The Balaban J connectivity index is 1.99. The third kappa shape index (κ3) is 4.56. The third-order valence-corrected chi connectivity index (χ3v) is 2.91. The summed E-state index contributed by atoms with van der Waals surface area (Å²) in [5, 5.41) is 5.50. The number of carbonyl (C=O) groups is 2. The number of carbonyl (C=O) groups excluding carboxylic acids is 2. The molecule has 5 heteroatoms. The molecule has 0 saturated heterocycles. The van der Waals surface area contributed by atoms with Crippen LogP contribution in [0, 0.1) is 0 Å². The van der Waals surface area contributed by atoms with E-state index in [0.717, 1.165) is 5.69 Å². The van der Waals surface area contributed by atoms with Crippen LogP contribution < -0.4 is 15.2 Å². The molecule has 0 saturated carbocycles. The first-order chi connectivity index (χ1) is 10.7. The summed E-state index contributed by atoms with van der Waals surface area (Å²) < 4.78 is 1.67. The molecule has 1 aromatic heterocycles. The fraction of sp³-hybridized carbons (Fsp3) is 0.118. The van der Waals surface area contributed by atoms with Crippen molar-refractivity contribution in [1.82, 2.24) is 5.32 Å². The first-order valence-corrected chi connectivity index (χ1v) is 6.92. The highest BCUT2D eigenvalue weighted by atomic mass is 16.2. The van der Waals surface area contributed by atoms with Crippen molar-refractivity contribution in [2.75, 3.05) is 11.9 Å². The Labute approximate surface area is 129 Å². The summed E-state index contributed by atoms with van der Waals surface area (Å²) in [4.78, 5) is 23.8. The van der Waals surface area contributed by atoms with Gasteiger partial charge >= 0.3 is 0 Å². The van der Waals surface area contributed by atoms with Crippen molar-refractivity contribution >= 4 is 17.5 Å². The smallest absolute Gasteiger partial charge is 0.290 e. The third-order valence-electron chi connectivity index (χ3n) is 2.91. The van der Waals surface area contributed by atoms with Crippen molar-refractivity contribution in [2.24, 2.45) is 0 Å². The van der Waals surface area contributed by atoms with E-state index in [-0.39, 0.29) is 18.4 Å². The van der Waals surface area contributed by atoms with Gasteiger partial charge in [0.15, 0.2) is 12.4 Å². The number of hydrogen-bond acceptors (Lipinski definition) is 2. The highest BCUT2D eigenvalue weighted by molar-refractivity contribution is 5.93. The van der Waals surface area contributed by atoms with Gasteiger partial charge in [-0.2, -0.15) is 4.57 Å². The lowest BCUT2D eigenvalue weighted by atomic mass is 10.2. The Morgan fingerprint density at radius 2 is 1.91 bits per heavy atom. The van der Waals surface area contributed by atoms with Gasteiger partial charge in [0.1, 0.15) is 5.56 Å². The van der Waals surface area contributed by atoms with Gasteiger partial charge in [0.05, 0.1) is 0 Å². The minimum Gasteiger partial charge on any atom is -0.348 e. The number of pyridine rings is 1. The molecule has 112 valence electrons. The van der Waals surface area contributed by atoms with Crippen LogP contribution in [0.4, 0.5) is 5.69 Å². The molecule has 0 bridgehead atoms. The zero-order valence-corrected chi connectivity index (χ0v) is 12.2. The van der Waals surface area contributed by atoms with E-state index in [4.69, 9.17) is 0 Å². The van der Waals surface area contributed by atoms with E-state index in [1.807, 2.05) is 30.3 Å². The molecule has 0 aliphatic carbocycles. The SMILES string of the molecule is C=CCNC(=O)c1ccc[n+](CC(=O)Nc2ccccc2)c1. The summed E-state index contributed by atoms with van der Waals surface area (Å²) in [6, 6.07) is 12.7. The molecule has 1 aromatic carbocycles. The zero-order chi connectivity index (χ0) is 15.8. The van der Waals surface area contributed by atoms with Crippen molar-refractivity contribution < 1.29 is 14.2 Å². The minimum absolute atomic E-state index is 0.136. The van der Waals surface area contributed by atoms with Gasteiger partial charge < -0.3 is 10.6 Å². The van der Waals surface area contributed by atoms with Gasteiger partial charge in [0.25, 0.3) is 11.8 Å². The molecule has 0 aliphatic heterocycles. The summed E-state index contributed by atoms with van der Waals surface area (Å²) in [5.74, 6) is -0.349. The van der Waals surface area contributed by atoms with E-state index in [0.29, 0.717) is 12.1 Å². The van der Waals surface area contributed by atoms with Crippen LogP contribution in [0.5, 0.6) is 0 Å². The quantitative estimate of drug-likeness (QED) is 0.627. The van der Waals surface area contributed by atoms with Gasteiger partial charge in [-0.1, -0.05) is 24.3 Å². The van der Waals surface area contributed by atoms with E-state index in [9.17, 15) is 9.59 Å². The van der Waals surface area contributed by atoms with E-state index in [2.05, 4.69) is 17.2 Å². The maximum atomic E-state index is 12.0. The second-order valence-corrected chi connectivity index (χ2v) is 4.68. The van der Waals surface area contributed by atoms with Crippen LogP contribution in [0.25, 0.3) is 0 Å². The molecule has 5 nitrogen and oxygen atoms in total. The predicted molar refractivity (Wildman–Crippen MR) is 84.2 cm³/mol. The highest BCUT2D eigenvalue weighted by Gasteiger charge is 2.13. The number of rotatable bonds is 6. The van der Waals surface area contributed by atoms with Gasteiger partial charge in [-0.25, -0.2) is 0 Å². The van der Waals surface area contributed by atoms with E-state index >= 15 is 0 Å². The maximum Gasteiger partial charge on any atom is 0.290 e. The van der Waals surface area contributed by atoms with E-state index in [1.165, 1.54) is 0 Å². The van der Waals surface area contributed by atoms with Crippen LogP contribution in [0.3, 0.4) is 0 Å². The first kappa shape index (κ1) is 15.4. The molecule has 2 N–H and O–H groups in total. The number of nitrogens with one attached hydrogen (secondary N) is 2. The Morgan fingerprint density at radius 1 is 1.14 bits per heavy atom. The first-order valence-electron chi connectivity index (χ1n) is 6.92. The van der Waals surface area contributed by atoms with Crippen molar-refractivity contribution in [3.63, 3.8) is 0 Å². The van der Waals surface area contributed by atoms with Gasteiger partial charge in [-0.05, 0) is 18.2 Å². The topological polar surface area (TPSA) is 62.1 Å². The van der Waals surface area contributed by atoms with Crippen LogP contribution in [-0.2, 0) is 11.3 Å². The van der Waals surface area contributed by atoms with E-state index < -0.39 is 0 Å². The van der Waals surface area contributed by atoms with Gasteiger partial charge in [-0.15, -0.1) is 6.58 Å². The van der Waals surface area contributed by atoms with Crippen LogP contribution in [0.2, 0.25) is 0 Å². The Bertz CT molecular complexity index is 669. The lowest BCUT2D eigenvalue weighted by Gasteiger charge is -2.04. The summed E-state index contributed by atoms with van der Waals surface area (Å²) in [5.41, 5.74) is 1.24. The number of nitrogens with zero attached hydrogens (tertiary/aromatic N) is 1. The number of hydrogen-bond donors (Lipinski definition) is 2. The second-order valence-electron chi connectivity index (χ2n) is 4.68. The molecule has 0 atom stereocenters. The molecule has 0 fully saturated rings. The Kier molecular flexibility index (Phi) is 5.43. The van der Waals surface area contributed by atoms with E-state index in [1.54, 1.807) is 35.2 Å². The molecular formula is C17H18N3O2+. The molecule has 2 amide bonds. The van der Waals surface area contributed by atoms with Crippen molar-refractivity contribution in [3.8, 4) is 0 Å². The van der Waals surface area contributed by atoms with Gasteiger partial charge in [-0.3, -0.25) is 9.59 Å². The number of benzene rings is 1. The predicted octanol–water partition coefficient (Wildman–Crippen LogP) is 1.53. The van der Waals surface area contributed by atoms with Crippen LogP contribution in [-0.4, -0.2) is 18.4 Å². The average molecular weight is 296 g/mol. The molecule has 1 heterocycles. The molecule has 2 rings (SSSR count). The molecule has 0 radical (unpaired) electrons. The summed E-state index contributed by atoms with van der Waals surface area (Å²) >= 11 is 0. The largest absolute Gasteiger partial charge is 0.348 e. The molecule has 2 aromatic rings. The fourth-order valence-corrected chi connectivity index (χ4v) is 1.91. The number of aromatic nitrogens is 1. The van der Waals surface area contributed by atoms with Crippen molar-refractivity contribution in [2.45, 2.75) is 6.54 Å². The standard InChI is InChI=1S/C17H17N3O2/c1-2-10-18-17(22)14-7-6-11-20(12-14)13-16(21)19-15-8-4-3-5-9-15/h2-9,11-12H,1,10,13H2,(H-,18,19,21,22)/p+1. The lowest BCUT2D eigenvalue weighted by molar-refractivity contribution is -0.684. The Hall–Kier alpha value is -2.95. The molecule has 0 aliphatic rings. The van der Waals surface area contributed by atoms with Crippen LogP contribution >= 0.6 is 0 Å². The average Bonchev–Trinajstić information content (AvgIpc) is 2.53. The maximum absolute atomic E-state index is 12.0. The van der Waals surface area contributed by atoms with Crippen LogP contribution in [0.15, 0.2) is 67.5 Å².